The van der Waals surface area contributed by atoms with Gasteiger partial charge in [-0.15, -0.1) is 5.10 Å². The largest absolute Gasteiger partial charge is 0.497 e. The Kier molecular flexibility index (Phi) is 5.40. The molecule has 1 amide bonds. The van der Waals surface area contributed by atoms with E-state index in [-0.39, 0.29) is 11.6 Å². The SMILES string of the molecule is CCc1cccc(NC(=O)c2nnn(-c3cc(OC)ccc3OC)c2C)c1. The van der Waals surface area contributed by atoms with E-state index in [2.05, 4.69) is 22.6 Å². The fourth-order valence-electron chi connectivity index (χ4n) is 2.79. The van der Waals surface area contributed by atoms with Gasteiger partial charge in [0.1, 0.15) is 17.2 Å². The fourth-order valence-corrected chi connectivity index (χ4v) is 2.79. The molecule has 0 bridgehead atoms. The molecule has 2 aromatic carbocycles. The predicted octanol–water partition coefficient (Wildman–Crippen LogP) is 3.41. The zero-order chi connectivity index (χ0) is 19.4. The van der Waals surface area contributed by atoms with Gasteiger partial charge in [0.2, 0.25) is 0 Å². The van der Waals surface area contributed by atoms with Crippen molar-refractivity contribution >= 4 is 11.6 Å². The van der Waals surface area contributed by atoms with Crippen molar-refractivity contribution in [1.82, 2.24) is 15.0 Å². The van der Waals surface area contributed by atoms with Crippen molar-refractivity contribution in [2.24, 2.45) is 0 Å². The summed E-state index contributed by atoms with van der Waals surface area (Å²) in [6, 6.07) is 13.1. The zero-order valence-electron chi connectivity index (χ0n) is 15.8. The van der Waals surface area contributed by atoms with Gasteiger partial charge in [-0.3, -0.25) is 4.79 Å². The first-order chi connectivity index (χ1) is 13.1. The molecule has 7 nitrogen and oxygen atoms in total. The van der Waals surface area contributed by atoms with E-state index >= 15 is 0 Å². The first-order valence-electron chi connectivity index (χ1n) is 8.62. The van der Waals surface area contributed by atoms with Crippen LogP contribution in [0.15, 0.2) is 42.5 Å². The van der Waals surface area contributed by atoms with Gasteiger partial charge in [-0.05, 0) is 43.2 Å². The number of methoxy groups -OCH3 is 2. The van der Waals surface area contributed by atoms with Crippen molar-refractivity contribution in [3.8, 4) is 17.2 Å². The lowest BCUT2D eigenvalue weighted by molar-refractivity contribution is 0.102. The average molecular weight is 366 g/mol. The Labute approximate surface area is 157 Å². The monoisotopic (exact) mass is 366 g/mol. The lowest BCUT2D eigenvalue weighted by atomic mass is 10.1. The number of rotatable bonds is 6. The highest BCUT2D eigenvalue weighted by molar-refractivity contribution is 6.03. The normalized spacial score (nSPS) is 10.5. The van der Waals surface area contributed by atoms with Crippen molar-refractivity contribution in [3.63, 3.8) is 0 Å². The molecule has 0 unspecified atom stereocenters. The summed E-state index contributed by atoms with van der Waals surface area (Å²) in [7, 11) is 3.16. The topological polar surface area (TPSA) is 78.3 Å². The van der Waals surface area contributed by atoms with Crippen molar-refractivity contribution in [2.45, 2.75) is 20.3 Å². The molecule has 0 radical (unpaired) electrons. The number of nitrogens with zero attached hydrogens (tertiary/aromatic N) is 3. The number of hydrogen-bond donors (Lipinski definition) is 1. The maximum absolute atomic E-state index is 12.7. The van der Waals surface area contributed by atoms with Crippen LogP contribution in [0.5, 0.6) is 11.5 Å². The van der Waals surface area contributed by atoms with Crippen molar-refractivity contribution in [2.75, 3.05) is 19.5 Å². The van der Waals surface area contributed by atoms with Gasteiger partial charge >= 0.3 is 0 Å². The van der Waals surface area contributed by atoms with E-state index in [1.807, 2.05) is 24.3 Å². The van der Waals surface area contributed by atoms with Gasteiger partial charge in [-0.25, -0.2) is 4.68 Å². The van der Waals surface area contributed by atoms with Crippen LogP contribution in [0, 0.1) is 6.92 Å². The lowest BCUT2D eigenvalue weighted by Gasteiger charge is -2.11. The molecule has 7 heteroatoms. The highest BCUT2D eigenvalue weighted by atomic mass is 16.5. The van der Waals surface area contributed by atoms with Crippen LogP contribution in [0.3, 0.4) is 0 Å². The van der Waals surface area contributed by atoms with Crippen molar-refractivity contribution in [1.29, 1.82) is 0 Å². The van der Waals surface area contributed by atoms with Crippen LogP contribution >= 0.6 is 0 Å². The smallest absolute Gasteiger partial charge is 0.278 e. The van der Waals surface area contributed by atoms with Crippen LogP contribution in [0.1, 0.15) is 28.7 Å². The van der Waals surface area contributed by atoms with E-state index in [0.29, 0.717) is 22.9 Å². The van der Waals surface area contributed by atoms with Gasteiger partial charge in [-0.1, -0.05) is 24.3 Å². The van der Waals surface area contributed by atoms with E-state index in [1.165, 1.54) is 0 Å². The first-order valence-corrected chi connectivity index (χ1v) is 8.62. The number of hydrogen-bond acceptors (Lipinski definition) is 5. The minimum absolute atomic E-state index is 0.252. The van der Waals surface area contributed by atoms with E-state index < -0.39 is 0 Å². The van der Waals surface area contributed by atoms with Gasteiger partial charge < -0.3 is 14.8 Å². The second-order valence-corrected chi connectivity index (χ2v) is 5.98. The second kappa shape index (κ2) is 7.90. The third-order valence-electron chi connectivity index (χ3n) is 4.32. The molecule has 27 heavy (non-hydrogen) atoms. The summed E-state index contributed by atoms with van der Waals surface area (Å²) in [5.41, 5.74) is 3.38. The van der Waals surface area contributed by atoms with Gasteiger partial charge in [-0.2, -0.15) is 0 Å². The molecule has 0 spiro atoms. The predicted molar refractivity (Wildman–Crippen MR) is 103 cm³/mol. The van der Waals surface area contributed by atoms with E-state index in [4.69, 9.17) is 9.47 Å². The molecule has 1 heterocycles. The van der Waals surface area contributed by atoms with Crippen molar-refractivity contribution in [3.05, 3.63) is 59.4 Å². The molecule has 0 saturated heterocycles. The lowest BCUT2D eigenvalue weighted by Crippen LogP contribution is -2.14. The Hall–Kier alpha value is -3.35. The number of amides is 1. The van der Waals surface area contributed by atoms with Crippen LogP contribution in [-0.2, 0) is 6.42 Å². The third kappa shape index (κ3) is 3.76. The minimum atomic E-state index is -0.311. The quantitative estimate of drug-likeness (QED) is 0.723. The van der Waals surface area contributed by atoms with Crippen LogP contribution < -0.4 is 14.8 Å². The number of benzene rings is 2. The molecule has 0 aliphatic carbocycles. The van der Waals surface area contributed by atoms with E-state index in [9.17, 15) is 4.79 Å². The van der Waals surface area contributed by atoms with Crippen molar-refractivity contribution < 1.29 is 14.3 Å². The van der Waals surface area contributed by atoms with Crippen LogP contribution in [-0.4, -0.2) is 35.1 Å². The number of aryl methyl sites for hydroxylation is 1. The molecular formula is C20H22N4O3. The first kappa shape index (κ1) is 18.4. The Morgan fingerprint density at radius 1 is 1.15 bits per heavy atom. The number of nitrogens with one attached hydrogen (secondary N) is 1. The molecule has 0 aliphatic rings. The minimum Gasteiger partial charge on any atom is -0.497 e. The summed E-state index contributed by atoms with van der Waals surface area (Å²) in [4.78, 5) is 12.7. The highest BCUT2D eigenvalue weighted by Crippen LogP contribution is 2.28. The fraction of sp³-hybridized carbons (Fsp3) is 0.250. The molecule has 1 aromatic heterocycles. The highest BCUT2D eigenvalue weighted by Gasteiger charge is 2.20. The molecule has 3 rings (SSSR count). The van der Waals surface area contributed by atoms with Gasteiger partial charge in [0.15, 0.2) is 5.69 Å². The standard InChI is InChI=1S/C20H22N4O3/c1-5-14-7-6-8-15(11-14)21-20(25)19-13(2)24(23-22-19)17-12-16(26-3)9-10-18(17)27-4/h6-12H,5H2,1-4H3,(H,21,25). The number of ether oxygens (including phenoxy) is 2. The summed E-state index contributed by atoms with van der Waals surface area (Å²) < 4.78 is 12.2. The van der Waals surface area contributed by atoms with Gasteiger partial charge in [0.25, 0.3) is 5.91 Å². The number of carbonyl (C=O) groups is 1. The molecule has 0 aliphatic heterocycles. The summed E-state index contributed by atoms with van der Waals surface area (Å²) in [5, 5.41) is 11.1. The Morgan fingerprint density at radius 3 is 2.67 bits per heavy atom. The molecule has 0 fully saturated rings. The maximum Gasteiger partial charge on any atom is 0.278 e. The van der Waals surface area contributed by atoms with Crippen LogP contribution in [0.25, 0.3) is 5.69 Å². The molecule has 3 aromatic rings. The molecule has 1 N–H and O–H groups in total. The summed E-state index contributed by atoms with van der Waals surface area (Å²) in [6.07, 6.45) is 0.897. The van der Waals surface area contributed by atoms with Crippen LogP contribution in [0.2, 0.25) is 0 Å². The van der Waals surface area contributed by atoms with E-state index in [1.54, 1.807) is 44.0 Å². The molecule has 0 atom stereocenters. The number of anilines is 1. The number of carbonyl (C=O) groups excluding carboxylic acids is 1. The summed E-state index contributed by atoms with van der Waals surface area (Å²) in [5.74, 6) is 0.948. The summed E-state index contributed by atoms with van der Waals surface area (Å²) >= 11 is 0. The second-order valence-electron chi connectivity index (χ2n) is 5.98. The number of aromatic nitrogens is 3. The average Bonchev–Trinajstić information content (AvgIpc) is 3.08. The van der Waals surface area contributed by atoms with Gasteiger partial charge in [0, 0.05) is 11.8 Å². The van der Waals surface area contributed by atoms with E-state index in [0.717, 1.165) is 17.7 Å². The Bertz CT molecular complexity index is 966. The molecule has 0 saturated carbocycles. The summed E-state index contributed by atoms with van der Waals surface area (Å²) in [6.45, 7) is 3.86. The Morgan fingerprint density at radius 2 is 1.96 bits per heavy atom. The molecular weight excluding hydrogens is 344 g/mol. The maximum atomic E-state index is 12.7. The third-order valence-corrected chi connectivity index (χ3v) is 4.32. The zero-order valence-corrected chi connectivity index (χ0v) is 15.8. The van der Waals surface area contributed by atoms with Gasteiger partial charge in [0.05, 0.1) is 19.9 Å². The Balaban J connectivity index is 1.92. The van der Waals surface area contributed by atoms with Crippen LogP contribution in [0.4, 0.5) is 5.69 Å². The molecule has 140 valence electrons.